The summed E-state index contributed by atoms with van der Waals surface area (Å²) in [6.07, 6.45) is 1.11. The fraction of sp³-hybridized carbons (Fsp3) is 0.250. The van der Waals surface area contributed by atoms with Gasteiger partial charge in [0.15, 0.2) is 0 Å². The number of hydrogen-bond donors (Lipinski definition) is 0. The molecule has 0 aromatic heterocycles. The zero-order valence-electron chi connectivity index (χ0n) is 14.6. The Morgan fingerprint density at radius 1 is 0.760 bits per heavy atom. The predicted octanol–water partition coefficient (Wildman–Crippen LogP) is 5.32. The van der Waals surface area contributed by atoms with E-state index in [1.54, 1.807) is 0 Å². The van der Waals surface area contributed by atoms with Gasteiger partial charge in [0.1, 0.15) is 0 Å². The monoisotopic (exact) mass is 325 g/mol. The Labute approximate surface area is 149 Å². The van der Waals surface area contributed by atoms with Crippen molar-refractivity contribution in [2.45, 2.75) is 37.9 Å². The van der Waals surface area contributed by atoms with Crippen molar-refractivity contribution in [3.63, 3.8) is 0 Å². The molecule has 0 saturated heterocycles. The fourth-order valence-corrected chi connectivity index (χ4v) is 4.95. The van der Waals surface area contributed by atoms with Crippen molar-refractivity contribution in [3.05, 3.63) is 107 Å². The van der Waals surface area contributed by atoms with E-state index in [9.17, 15) is 0 Å². The third-order valence-electron chi connectivity index (χ3n) is 6.11. The molecule has 0 N–H and O–H groups in total. The summed E-state index contributed by atoms with van der Waals surface area (Å²) in [6.45, 7) is 3.43. The Morgan fingerprint density at radius 2 is 1.40 bits per heavy atom. The van der Waals surface area contributed by atoms with E-state index in [1.807, 2.05) is 0 Å². The summed E-state index contributed by atoms with van der Waals surface area (Å²) in [4.78, 5) is 2.72. The third kappa shape index (κ3) is 2.34. The molecule has 124 valence electrons. The highest BCUT2D eigenvalue weighted by atomic mass is 15.2. The lowest BCUT2D eigenvalue weighted by atomic mass is 9.79. The normalized spacial score (nSPS) is 24.4. The van der Waals surface area contributed by atoms with Crippen LogP contribution in [0.5, 0.6) is 0 Å². The van der Waals surface area contributed by atoms with Crippen molar-refractivity contribution < 1.29 is 0 Å². The molecule has 6 rings (SSSR count). The molecule has 0 spiro atoms. The zero-order valence-corrected chi connectivity index (χ0v) is 14.6. The molecule has 25 heavy (non-hydrogen) atoms. The molecule has 2 heterocycles. The van der Waals surface area contributed by atoms with Gasteiger partial charge in [0.25, 0.3) is 0 Å². The molecular formula is C24H23N. The minimum Gasteiger partial charge on any atom is -0.288 e. The number of benzene rings is 3. The summed E-state index contributed by atoms with van der Waals surface area (Å²) in [7, 11) is 0. The Balaban J connectivity index is 1.66. The molecule has 1 aliphatic carbocycles. The van der Waals surface area contributed by atoms with E-state index in [2.05, 4.69) is 90.7 Å². The van der Waals surface area contributed by atoms with Crippen LogP contribution in [-0.4, -0.2) is 10.9 Å². The first kappa shape index (κ1) is 14.9. The van der Waals surface area contributed by atoms with Crippen molar-refractivity contribution in [1.82, 2.24) is 4.90 Å². The molecular weight excluding hydrogens is 302 g/mol. The van der Waals surface area contributed by atoms with Gasteiger partial charge in [0, 0.05) is 24.5 Å². The fourth-order valence-electron chi connectivity index (χ4n) is 4.95. The molecule has 3 aliphatic rings. The third-order valence-corrected chi connectivity index (χ3v) is 6.11. The first-order valence-electron chi connectivity index (χ1n) is 9.29. The average molecular weight is 325 g/mol. The van der Waals surface area contributed by atoms with E-state index >= 15 is 0 Å². The molecule has 0 saturated carbocycles. The van der Waals surface area contributed by atoms with Gasteiger partial charge in [-0.3, -0.25) is 4.90 Å². The maximum Gasteiger partial charge on any atom is 0.0398 e. The van der Waals surface area contributed by atoms with Crippen molar-refractivity contribution in [2.75, 3.05) is 0 Å². The van der Waals surface area contributed by atoms with Gasteiger partial charge in [0.05, 0.1) is 0 Å². The molecule has 2 bridgehead atoms. The molecule has 0 amide bonds. The number of nitrogens with zero attached hydrogens (tertiary/aromatic N) is 1. The topological polar surface area (TPSA) is 3.24 Å². The van der Waals surface area contributed by atoms with Gasteiger partial charge in [-0.1, -0.05) is 78.9 Å². The van der Waals surface area contributed by atoms with Gasteiger partial charge < -0.3 is 0 Å². The van der Waals surface area contributed by atoms with E-state index in [4.69, 9.17) is 0 Å². The Bertz CT molecular complexity index is 899. The Morgan fingerprint density at radius 3 is 2.20 bits per heavy atom. The lowest BCUT2D eigenvalue weighted by Gasteiger charge is -2.44. The molecule has 0 radical (unpaired) electrons. The summed E-state index contributed by atoms with van der Waals surface area (Å²) >= 11 is 0. The van der Waals surface area contributed by atoms with Crippen LogP contribution in [0.1, 0.15) is 46.7 Å². The number of hydrogen-bond acceptors (Lipinski definition) is 1. The second-order valence-electron chi connectivity index (χ2n) is 7.42. The van der Waals surface area contributed by atoms with Crippen LogP contribution in [0.3, 0.4) is 0 Å². The van der Waals surface area contributed by atoms with Crippen LogP contribution in [-0.2, 0) is 13.0 Å². The van der Waals surface area contributed by atoms with E-state index in [-0.39, 0.29) is 0 Å². The summed E-state index contributed by atoms with van der Waals surface area (Å²) < 4.78 is 0. The largest absolute Gasteiger partial charge is 0.288 e. The lowest BCUT2D eigenvalue weighted by molar-refractivity contribution is 0.113. The maximum absolute atomic E-state index is 2.72. The summed E-state index contributed by atoms with van der Waals surface area (Å²) in [5, 5.41) is 0. The minimum absolute atomic E-state index is 0.464. The van der Waals surface area contributed by atoms with Gasteiger partial charge in [-0.05, 0) is 41.2 Å². The quantitative estimate of drug-likeness (QED) is 0.616. The first-order valence-corrected chi connectivity index (χ1v) is 9.29. The molecule has 3 aromatic rings. The first-order chi connectivity index (χ1) is 12.3. The summed E-state index contributed by atoms with van der Waals surface area (Å²) in [5.74, 6) is 0.467. The second kappa shape index (κ2) is 5.86. The summed E-state index contributed by atoms with van der Waals surface area (Å²) in [6, 6.07) is 30.1. The van der Waals surface area contributed by atoms with Gasteiger partial charge in [-0.2, -0.15) is 0 Å². The highest BCUT2D eigenvalue weighted by molar-refractivity contribution is 5.50. The van der Waals surface area contributed by atoms with Crippen molar-refractivity contribution in [2.24, 2.45) is 0 Å². The van der Waals surface area contributed by atoms with Crippen LogP contribution in [0.25, 0.3) is 0 Å². The van der Waals surface area contributed by atoms with E-state index in [0.29, 0.717) is 18.0 Å². The molecule has 2 aliphatic heterocycles. The van der Waals surface area contributed by atoms with E-state index < -0.39 is 0 Å². The molecule has 3 atom stereocenters. The van der Waals surface area contributed by atoms with Gasteiger partial charge >= 0.3 is 0 Å². The maximum atomic E-state index is 2.72. The van der Waals surface area contributed by atoms with Gasteiger partial charge in [0.2, 0.25) is 0 Å². The highest BCUT2D eigenvalue weighted by Crippen LogP contribution is 2.49. The highest BCUT2D eigenvalue weighted by Gasteiger charge is 2.42. The molecule has 1 heteroatoms. The average Bonchev–Trinajstić information content (AvgIpc) is 2.88. The predicted molar refractivity (Wildman–Crippen MR) is 103 cm³/mol. The van der Waals surface area contributed by atoms with Crippen LogP contribution < -0.4 is 0 Å². The SMILES string of the molecule is C[C@@H]1[C@H]2c3ccccc3C[C@H](c3ccccc32)N1Cc1ccccc1. The summed E-state index contributed by atoms with van der Waals surface area (Å²) in [5.41, 5.74) is 7.52. The van der Waals surface area contributed by atoms with Crippen LogP contribution in [0.4, 0.5) is 0 Å². The standard InChI is InChI=1S/C24H23N/c1-17-24-20-12-6-5-11-19(20)15-23(21-13-7-8-14-22(21)24)25(17)16-18-9-3-2-4-10-18/h2-14,17,23-24H,15-16H2,1H3/t17-,23-,24+/m1/s1. The molecule has 1 nitrogen and oxygen atoms in total. The number of fused-ring (bicyclic) bond motifs is 1. The van der Waals surface area contributed by atoms with Gasteiger partial charge in [-0.25, -0.2) is 0 Å². The van der Waals surface area contributed by atoms with Crippen molar-refractivity contribution in [1.29, 1.82) is 0 Å². The smallest absolute Gasteiger partial charge is 0.0398 e. The van der Waals surface area contributed by atoms with Crippen LogP contribution in [0, 0.1) is 0 Å². The molecule has 0 unspecified atom stereocenters. The van der Waals surface area contributed by atoms with Crippen molar-refractivity contribution in [3.8, 4) is 0 Å². The Kier molecular flexibility index (Phi) is 3.50. The minimum atomic E-state index is 0.464. The zero-order chi connectivity index (χ0) is 16.8. The van der Waals surface area contributed by atoms with Crippen LogP contribution in [0.15, 0.2) is 78.9 Å². The van der Waals surface area contributed by atoms with Crippen LogP contribution in [0.2, 0.25) is 0 Å². The van der Waals surface area contributed by atoms with Crippen molar-refractivity contribution >= 4 is 0 Å². The second-order valence-corrected chi connectivity index (χ2v) is 7.42. The molecule has 0 fully saturated rings. The van der Waals surface area contributed by atoms with E-state index in [0.717, 1.165) is 13.0 Å². The Hall–Kier alpha value is -2.38. The van der Waals surface area contributed by atoms with Gasteiger partial charge in [-0.15, -0.1) is 0 Å². The van der Waals surface area contributed by atoms with Crippen LogP contribution >= 0.6 is 0 Å². The van der Waals surface area contributed by atoms with E-state index in [1.165, 1.54) is 27.8 Å². The number of rotatable bonds is 2. The lowest BCUT2D eigenvalue weighted by Crippen LogP contribution is -2.43. The molecule has 3 aromatic carbocycles.